The molecule has 4 rings (SSSR count). The molecule has 0 radical (unpaired) electrons. The Morgan fingerprint density at radius 1 is 1.21 bits per heavy atom. The van der Waals surface area contributed by atoms with E-state index in [-0.39, 0.29) is 17.8 Å². The molecule has 29 heavy (non-hydrogen) atoms. The zero-order chi connectivity index (χ0) is 20.5. The van der Waals surface area contributed by atoms with Crippen LogP contribution in [0.1, 0.15) is 23.7 Å². The topological polar surface area (TPSA) is 85.8 Å². The van der Waals surface area contributed by atoms with Gasteiger partial charge in [-0.2, -0.15) is 0 Å². The molecule has 1 aromatic heterocycles. The molecule has 0 bridgehead atoms. The predicted molar refractivity (Wildman–Crippen MR) is 112 cm³/mol. The van der Waals surface area contributed by atoms with Crippen molar-refractivity contribution >= 4 is 40.9 Å². The first-order chi connectivity index (χ1) is 13.9. The summed E-state index contributed by atoms with van der Waals surface area (Å²) in [6.07, 6.45) is 1.91. The largest absolute Gasteiger partial charge is 0.352 e. The first-order valence-corrected chi connectivity index (χ1v) is 10.4. The van der Waals surface area contributed by atoms with Crippen molar-refractivity contribution in [2.75, 3.05) is 5.84 Å². The minimum absolute atomic E-state index is 0.183. The van der Waals surface area contributed by atoms with Crippen molar-refractivity contribution in [3.8, 4) is 11.4 Å². The highest BCUT2D eigenvalue weighted by Gasteiger charge is 2.31. The van der Waals surface area contributed by atoms with Gasteiger partial charge in [-0.15, -0.1) is 10.2 Å². The minimum Gasteiger partial charge on any atom is -0.352 e. The lowest BCUT2D eigenvalue weighted by Gasteiger charge is -2.16. The number of nitrogens with two attached hydrogens (primary N) is 1. The minimum atomic E-state index is -0.662. The van der Waals surface area contributed by atoms with Crippen LogP contribution in [-0.2, 0) is 4.79 Å². The van der Waals surface area contributed by atoms with E-state index in [2.05, 4.69) is 15.5 Å². The molecule has 6 nitrogen and oxygen atoms in total. The average Bonchev–Trinajstić information content (AvgIpc) is 3.44. The van der Waals surface area contributed by atoms with Gasteiger partial charge in [0.15, 0.2) is 5.82 Å². The van der Waals surface area contributed by atoms with Gasteiger partial charge in [-0.25, -0.2) is 9.07 Å². The van der Waals surface area contributed by atoms with E-state index in [0.717, 1.165) is 24.6 Å². The maximum Gasteiger partial charge on any atom is 0.238 e. The molecule has 150 valence electrons. The molecule has 1 saturated carbocycles. The maximum absolute atomic E-state index is 13.3. The normalized spacial score (nSPS) is 14.6. The standard InChI is InChI=1S/C19H16Cl2FN5OS/c20-11-3-8-15(21)14(9-11)17-25-26-19(27(17)23)29-16(18(28)24-13-6-7-13)10-1-4-12(22)5-2-10/h1-5,8-9,13,16H,6-7,23H2,(H,24,28)/t16-/m1/s1. The molecule has 10 heteroatoms. The van der Waals surface area contributed by atoms with Gasteiger partial charge in [-0.3, -0.25) is 4.79 Å². The molecule has 1 aliphatic rings. The smallest absolute Gasteiger partial charge is 0.238 e. The Hall–Kier alpha value is -2.29. The Labute approximate surface area is 180 Å². The molecule has 3 N–H and O–H groups in total. The number of amides is 1. The second-order valence-corrected chi connectivity index (χ2v) is 8.55. The number of nitrogens with zero attached hydrogens (tertiary/aromatic N) is 3. The van der Waals surface area contributed by atoms with Crippen molar-refractivity contribution < 1.29 is 9.18 Å². The van der Waals surface area contributed by atoms with Gasteiger partial charge in [0.05, 0.1) is 5.02 Å². The Balaban J connectivity index is 1.65. The fourth-order valence-electron chi connectivity index (χ4n) is 2.73. The van der Waals surface area contributed by atoms with Crippen LogP contribution in [0.15, 0.2) is 47.6 Å². The third kappa shape index (κ3) is 4.49. The van der Waals surface area contributed by atoms with Crippen LogP contribution in [0.4, 0.5) is 4.39 Å². The number of rotatable bonds is 6. The van der Waals surface area contributed by atoms with Gasteiger partial charge in [0.1, 0.15) is 11.1 Å². The maximum atomic E-state index is 13.3. The molecule has 2 aromatic carbocycles. The van der Waals surface area contributed by atoms with E-state index in [1.54, 1.807) is 30.3 Å². The second-order valence-electron chi connectivity index (χ2n) is 6.63. The molecule has 1 aliphatic carbocycles. The van der Waals surface area contributed by atoms with E-state index in [9.17, 15) is 9.18 Å². The van der Waals surface area contributed by atoms with Gasteiger partial charge in [0.25, 0.3) is 0 Å². The molecule has 1 fully saturated rings. The number of carbonyl (C=O) groups excluding carboxylic acids is 1. The summed E-state index contributed by atoms with van der Waals surface area (Å²) in [7, 11) is 0. The second kappa shape index (κ2) is 8.22. The SMILES string of the molecule is Nn1c(S[C@@H](C(=O)NC2CC2)c2ccc(F)cc2)nnc1-c1cc(Cl)ccc1Cl. The zero-order valence-electron chi connectivity index (χ0n) is 15.0. The summed E-state index contributed by atoms with van der Waals surface area (Å²) < 4.78 is 14.6. The van der Waals surface area contributed by atoms with E-state index >= 15 is 0 Å². The van der Waals surface area contributed by atoms with Crippen molar-refractivity contribution in [3.63, 3.8) is 0 Å². The van der Waals surface area contributed by atoms with E-state index in [1.165, 1.54) is 16.8 Å². The first kappa shape index (κ1) is 20.0. The van der Waals surface area contributed by atoms with E-state index in [4.69, 9.17) is 29.0 Å². The highest BCUT2D eigenvalue weighted by Crippen LogP contribution is 2.37. The third-order valence-corrected chi connectivity index (χ3v) is 6.17. The van der Waals surface area contributed by atoms with Crippen molar-refractivity contribution in [1.82, 2.24) is 20.2 Å². The monoisotopic (exact) mass is 451 g/mol. The zero-order valence-corrected chi connectivity index (χ0v) is 17.3. The van der Waals surface area contributed by atoms with Crippen LogP contribution >= 0.6 is 35.0 Å². The van der Waals surface area contributed by atoms with Crippen LogP contribution in [-0.4, -0.2) is 26.8 Å². The quantitative estimate of drug-likeness (QED) is 0.432. The van der Waals surface area contributed by atoms with Crippen LogP contribution in [0, 0.1) is 5.82 Å². The Morgan fingerprint density at radius 2 is 1.93 bits per heavy atom. The lowest BCUT2D eigenvalue weighted by atomic mass is 10.1. The van der Waals surface area contributed by atoms with Crippen LogP contribution < -0.4 is 11.2 Å². The fraction of sp³-hybridized carbons (Fsp3) is 0.211. The van der Waals surface area contributed by atoms with Crippen molar-refractivity contribution in [3.05, 3.63) is 63.9 Å². The summed E-state index contributed by atoms with van der Waals surface area (Å²) in [6.45, 7) is 0. The van der Waals surface area contributed by atoms with Crippen LogP contribution in [0.3, 0.4) is 0 Å². The van der Waals surface area contributed by atoms with Gasteiger partial charge in [0, 0.05) is 16.6 Å². The van der Waals surface area contributed by atoms with Crippen LogP contribution in [0.5, 0.6) is 0 Å². The Bertz CT molecular complexity index is 1060. The number of benzene rings is 2. The number of carbonyl (C=O) groups is 1. The summed E-state index contributed by atoms with van der Waals surface area (Å²) in [6, 6.07) is 10.9. The lowest BCUT2D eigenvalue weighted by Crippen LogP contribution is -2.30. The third-order valence-electron chi connectivity index (χ3n) is 4.39. The molecule has 1 heterocycles. The number of halogens is 3. The van der Waals surface area contributed by atoms with Crippen LogP contribution in [0.2, 0.25) is 10.0 Å². The molecule has 0 aliphatic heterocycles. The molecule has 1 atom stereocenters. The molecular formula is C19H16Cl2FN5OS. The number of nitrogen functional groups attached to an aromatic ring is 1. The van der Waals surface area contributed by atoms with E-state index in [1.807, 2.05) is 0 Å². The fourth-order valence-corrected chi connectivity index (χ4v) is 4.07. The molecule has 0 saturated heterocycles. The van der Waals surface area contributed by atoms with E-state index < -0.39 is 5.25 Å². The van der Waals surface area contributed by atoms with E-state index in [0.29, 0.717) is 32.2 Å². The van der Waals surface area contributed by atoms with Gasteiger partial charge in [-0.1, -0.05) is 47.1 Å². The highest BCUT2D eigenvalue weighted by atomic mass is 35.5. The first-order valence-electron chi connectivity index (χ1n) is 8.81. The Kier molecular flexibility index (Phi) is 5.67. The van der Waals surface area contributed by atoms with Gasteiger partial charge >= 0.3 is 0 Å². The molecule has 0 spiro atoms. The molecule has 0 unspecified atom stereocenters. The summed E-state index contributed by atoms with van der Waals surface area (Å²) in [5.74, 6) is 5.96. The lowest BCUT2D eigenvalue weighted by molar-refractivity contribution is -0.120. The number of hydrogen-bond donors (Lipinski definition) is 2. The van der Waals surface area contributed by atoms with Crippen molar-refractivity contribution in [2.45, 2.75) is 29.3 Å². The number of nitrogens with one attached hydrogen (secondary N) is 1. The summed E-state index contributed by atoms with van der Waals surface area (Å²) in [5, 5.41) is 11.8. The van der Waals surface area contributed by atoms with Crippen molar-refractivity contribution in [2.24, 2.45) is 0 Å². The Morgan fingerprint density at radius 3 is 2.62 bits per heavy atom. The molecule has 3 aromatic rings. The predicted octanol–water partition coefficient (Wildman–Crippen LogP) is 4.22. The van der Waals surface area contributed by atoms with Gasteiger partial charge in [0.2, 0.25) is 11.1 Å². The van der Waals surface area contributed by atoms with Gasteiger partial charge in [-0.05, 0) is 48.7 Å². The molecular weight excluding hydrogens is 436 g/mol. The van der Waals surface area contributed by atoms with Crippen molar-refractivity contribution in [1.29, 1.82) is 0 Å². The molecule has 1 amide bonds. The average molecular weight is 452 g/mol. The summed E-state index contributed by atoms with van der Waals surface area (Å²) in [4.78, 5) is 12.8. The number of thioether (sulfide) groups is 1. The number of hydrogen-bond acceptors (Lipinski definition) is 5. The van der Waals surface area contributed by atoms with Gasteiger partial charge < -0.3 is 11.2 Å². The summed E-state index contributed by atoms with van der Waals surface area (Å²) in [5.41, 5.74) is 1.17. The van der Waals surface area contributed by atoms with Crippen LogP contribution in [0.25, 0.3) is 11.4 Å². The summed E-state index contributed by atoms with van der Waals surface area (Å²) >= 11 is 13.4. The highest BCUT2D eigenvalue weighted by molar-refractivity contribution is 8.00. The number of aromatic nitrogens is 3.